The Morgan fingerprint density at radius 3 is 1.70 bits per heavy atom. The van der Waals surface area contributed by atoms with Crippen LogP contribution in [0, 0.1) is 0 Å². The lowest BCUT2D eigenvalue weighted by Crippen LogP contribution is -1.96. The highest BCUT2D eigenvalue weighted by atomic mass is 14.9. The van der Waals surface area contributed by atoms with Crippen LogP contribution in [0.5, 0.6) is 0 Å². The molecule has 7 rings (SSSR count). The zero-order valence-electron chi connectivity index (χ0n) is 24.3. The summed E-state index contributed by atoms with van der Waals surface area (Å²) in [4.78, 5) is 9.95. The summed E-state index contributed by atoms with van der Waals surface area (Å²) in [6.07, 6.45) is 0.830. The third-order valence-corrected chi connectivity index (χ3v) is 7.94. The number of hydrogen-bond donors (Lipinski definition) is 1. The molecular formula is C41H31N3. The van der Waals surface area contributed by atoms with Gasteiger partial charge in [-0.15, -0.1) is 0 Å². The topological polar surface area (TPSA) is 51.8 Å². The maximum Gasteiger partial charge on any atom is 0.160 e. The number of benzene rings is 6. The minimum Gasteiger partial charge on any atom is -0.398 e. The van der Waals surface area contributed by atoms with E-state index in [0.29, 0.717) is 5.82 Å². The lowest BCUT2D eigenvalue weighted by molar-refractivity contribution is 1.18. The molecule has 44 heavy (non-hydrogen) atoms. The van der Waals surface area contributed by atoms with Crippen molar-refractivity contribution in [2.75, 3.05) is 5.73 Å². The van der Waals surface area contributed by atoms with Gasteiger partial charge in [-0.1, -0.05) is 146 Å². The van der Waals surface area contributed by atoms with Gasteiger partial charge in [0.15, 0.2) is 5.82 Å². The van der Waals surface area contributed by atoms with Crippen molar-refractivity contribution in [1.82, 2.24) is 9.97 Å². The molecule has 0 unspecified atom stereocenters. The first-order valence-electron chi connectivity index (χ1n) is 14.8. The molecule has 6 aromatic carbocycles. The molecule has 1 aromatic heterocycles. The van der Waals surface area contributed by atoms with Crippen LogP contribution in [0.15, 0.2) is 164 Å². The van der Waals surface area contributed by atoms with Gasteiger partial charge in [-0.2, -0.15) is 0 Å². The smallest absolute Gasteiger partial charge is 0.160 e. The van der Waals surface area contributed by atoms with Crippen LogP contribution in [-0.4, -0.2) is 9.97 Å². The molecule has 0 amide bonds. The second-order valence-corrected chi connectivity index (χ2v) is 10.9. The average Bonchev–Trinajstić information content (AvgIpc) is 3.10. The molecule has 0 saturated heterocycles. The summed E-state index contributed by atoms with van der Waals surface area (Å²) < 4.78 is 0. The van der Waals surface area contributed by atoms with Crippen LogP contribution < -0.4 is 5.73 Å². The van der Waals surface area contributed by atoms with Gasteiger partial charge in [0.25, 0.3) is 0 Å². The Bertz CT molecular complexity index is 1970. The summed E-state index contributed by atoms with van der Waals surface area (Å²) >= 11 is 0. The summed E-state index contributed by atoms with van der Waals surface area (Å²) in [6, 6.07) is 56.6. The number of anilines is 1. The number of para-hydroxylation sites is 1. The SMILES string of the molecule is Nc1ccccc1-c1ccccc1Cc1ccc(-c2cccc(-c3cc(-c4ccccc4)nc(-c4ccccc4)n3)c2)cc1. The minimum atomic E-state index is 0.717. The molecule has 0 fully saturated rings. The van der Waals surface area contributed by atoms with Crippen LogP contribution >= 0.6 is 0 Å². The van der Waals surface area contributed by atoms with Gasteiger partial charge in [0.1, 0.15) is 0 Å². The van der Waals surface area contributed by atoms with Gasteiger partial charge in [0, 0.05) is 27.9 Å². The summed E-state index contributed by atoms with van der Waals surface area (Å²) in [5.74, 6) is 0.717. The third kappa shape index (κ3) is 5.77. The van der Waals surface area contributed by atoms with Crippen LogP contribution in [0.1, 0.15) is 11.1 Å². The zero-order valence-corrected chi connectivity index (χ0v) is 24.3. The lowest BCUT2D eigenvalue weighted by Gasteiger charge is -2.13. The van der Waals surface area contributed by atoms with Crippen molar-refractivity contribution in [3.05, 3.63) is 175 Å². The maximum absolute atomic E-state index is 6.32. The van der Waals surface area contributed by atoms with Crippen LogP contribution in [0.25, 0.3) is 56.2 Å². The molecule has 0 radical (unpaired) electrons. The second-order valence-electron chi connectivity index (χ2n) is 10.9. The van der Waals surface area contributed by atoms with E-state index in [0.717, 1.165) is 56.9 Å². The number of nitrogens with two attached hydrogens (primary N) is 1. The van der Waals surface area contributed by atoms with Gasteiger partial charge in [0.05, 0.1) is 11.4 Å². The molecule has 3 heteroatoms. The first-order chi connectivity index (χ1) is 21.7. The monoisotopic (exact) mass is 565 g/mol. The third-order valence-electron chi connectivity index (χ3n) is 7.94. The summed E-state index contributed by atoms with van der Waals surface area (Å²) in [6.45, 7) is 0. The maximum atomic E-state index is 6.32. The van der Waals surface area contributed by atoms with Gasteiger partial charge in [-0.3, -0.25) is 0 Å². The molecule has 1 heterocycles. The number of nitrogens with zero attached hydrogens (tertiary/aromatic N) is 2. The molecule has 2 N–H and O–H groups in total. The molecule has 0 aliphatic carbocycles. The number of hydrogen-bond acceptors (Lipinski definition) is 3. The van der Waals surface area contributed by atoms with E-state index in [1.807, 2.05) is 54.6 Å². The molecule has 0 bridgehead atoms. The van der Waals surface area contributed by atoms with E-state index in [1.165, 1.54) is 16.7 Å². The molecule has 3 nitrogen and oxygen atoms in total. The van der Waals surface area contributed by atoms with Crippen molar-refractivity contribution in [1.29, 1.82) is 0 Å². The van der Waals surface area contributed by atoms with Crippen molar-refractivity contribution in [2.45, 2.75) is 6.42 Å². The molecular weight excluding hydrogens is 534 g/mol. The molecule has 7 aromatic rings. The normalized spacial score (nSPS) is 10.9. The predicted molar refractivity (Wildman–Crippen MR) is 183 cm³/mol. The summed E-state index contributed by atoms with van der Waals surface area (Å²) in [5.41, 5.74) is 19.1. The number of aromatic nitrogens is 2. The summed E-state index contributed by atoms with van der Waals surface area (Å²) in [7, 11) is 0. The van der Waals surface area contributed by atoms with Gasteiger partial charge in [-0.25, -0.2) is 9.97 Å². The standard InChI is InChI=1S/C41H31N3/c42-38-21-10-9-20-37(38)36-19-8-7-16-34(36)26-29-22-24-30(25-23-29)33-17-11-18-35(27-33)40-28-39(31-12-3-1-4-13-31)43-41(44-40)32-14-5-2-6-15-32/h1-25,27-28H,26,42H2. The number of nitrogen functional groups attached to an aromatic ring is 1. The zero-order chi connectivity index (χ0) is 29.7. The van der Waals surface area contributed by atoms with E-state index < -0.39 is 0 Å². The highest BCUT2D eigenvalue weighted by Crippen LogP contribution is 2.32. The Balaban J connectivity index is 1.20. The van der Waals surface area contributed by atoms with Crippen molar-refractivity contribution >= 4 is 5.69 Å². The van der Waals surface area contributed by atoms with Crippen molar-refractivity contribution in [2.24, 2.45) is 0 Å². The fraction of sp³-hybridized carbons (Fsp3) is 0.0244. The van der Waals surface area contributed by atoms with Crippen molar-refractivity contribution in [3.63, 3.8) is 0 Å². The molecule has 0 spiro atoms. The summed E-state index contributed by atoms with van der Waals surface area (Å²) in [5, 5.41) is 0. The Labute approximate surface area is 258 Å². The van der Waals surface area contributed by atoms with Gasteiger partial charge in [-0.05, 0) is 52.4 Å². The molecule has 210 valence electrons. The average molecular weight is 566 g/mol. The second kappa shape index (κ2) is 12.2. The van der Waals surface area contributed by atoms with E-state index >= 15 is 0 Å². The van der Waals surface area contributed by atoms with E-state index in [4.69, 9.17) is 15.7 Å². The van der Waals surface area contributed by atoms with Crippen LogP contribution in [0.2, 0.25) is 0 Å². The minimum absolute atomic E-state index is 0.717. The van der Waals surface area contributed by atoms with Crippen LogP contribution in [0.3, 0.4) is 0 Å². The predicted octanol–water partition coefficient (Wildman–Crippen LogP) is 9.98. The molecule has 0 aliphatic rings. The van der Waals surface area contributed by atoms with E-state index in [-0.39, 0.29) is 0 Å². The first-order valence-corrected chi connectivity index (χ1v) is 14.8. The number of rotatable bonds is 7. The van der Waals surface area contributed by atoms with Crippen LogP contribution in [0.4, 0.5) is 5.69 Å². The Kier molecular flexibility index (Phi) is 7.51. The highest BCUT2D eigenvalue weighted by Gasteiger charge is 2.12. The molecule has 0 aliphatic heterocycles. The van der Waals surface area contributed by atoms with Crippen molar-refractivity contribution < 1.29 is 0 Å². The molecule has 0 saturated carbocycles. The van der Waals surface area contributed by atoms with Gasteiger partial charge < -0.3 is 5.73 Å². The van der Waals surface area contributed by atoms with Gasteiger partial charge in [0.2, 0.25) is 0 Å². The van der Waals surface area contributed by atoms with E-state index in [1.54, 1.807) is 0 Å². The fourth-order valence-corrected chi connectivity index (χ4v) is 5.64. The van der Waals surface area contributed by atoms with E-state index in [2.05, 4.69) is 109 Å². The Morgan fingerprint density at radius 1 is 0.409 bits per heavy atom. The largest absolute Gasteiger partial charge is 0.398 e. The van der Waals surface area contributed by atoms with E-state index in [9.17, 15) is 0 Å². The first kappa shape index (κ1) is 27.1. The van der Waals surface area contributed by atoms with Crippen molar-refractivity contribution in [3.8, 4) is 56.2 Å². The lowest BCUT2D eigenvalue weighted by atomic mass is 9.93. The Hall–Kier alpha value is -5.80. The molecule has 0 atom stereocenters. The highest BCUT2D eigenvalue weighted by molar-refractivity contribution is 5.79. The fourth-order valence-electron chi connectivity index (χ4n) is 5.64. The van der Waals surface area contributed by atoms with Gasteiger partial charge >= 0.3 is 0 Å². The quantitative estimate of drug-likeness (QED) is 0.196. The Morgan fingerprint density at radius 2 is 0.977 bits per heavy atom. The van der Waals surface area contributed by atoms with Crippen LogP contribution in [-0.2, 0) is 6.42 Å².